The molecule has 136 valence electrons. The van der Waals surface area contributed by atoms with Gasteiger partial charge in [-0.2, -0.15) is 0 Å². The zero-order valence-corrected chi connectivity index (χ0v) is 14.8. The number of non-ortho nitro benzene ring substituents is 1. The van der Waals surface area contributed by atoms with E-state index in [1.54, 1.807) is 22.8 Å². The van der Waals surface area contributed by atoms with E-state index >= 15 is 0 Å². The van der Waals surface area contributed by atoms with Crippen molar-refractivity contribution in [2.75, 3.05) is 13.6 Å². The number of fused-ring (bicyclic) bond motifs is 1. The third-order valence-electron chi connectivity index (χ3n) is 4.69. The Kier molecular flexibility index (Phi) is 5.18. The van der Waals surface area contributed by atoms with Crippen LogP contribution in [0.3, 0.4) is 0 Å². The van der Waals surface area contributed by atoms with Gasteiger partial charge in [0.15, 0.2) is 5.58 Å². The van der Waals surface area contributed by atoms with Crippen LogP contribution >= 0.6 is 0 Å². The van der Waals surface area contributed by atoms with E-state index in [0.717, 1.165) is 24.0 Å². The fraction of sp³-hybridized carbons (Fsp3) is 0.316. The molecule has 0 aliphatic rings. The summed E-state index contributed by atoms with van der Waals surface area (Å²) in [5.74, 6) is -0.347. The van der Waals surface area contributed by atoms with Gasteiger partial charge in [0.2, 0.25) is 0 Å². The molecule has 0 saturated carbocycles. The molecular weight excluding hydrogens is 334 g/mol. The summed E-state index contributed by atoms with van der Waals surface area (Å²) in [5.41, 5.74) is 2.38. The Hall–Kier alpha value is -2.93. The van der Waals surface area contributed by atoms with Gasteiger partial charge >= 0.3 is 5.76 Å². The molecule has 0 radical (unpaired) electrons. The monoisotopic (exact) mass is 355 g/mol. The third-order valence-corrected chi connectivity index (χ3v) is 4.69. The quantitative estimate of drug-likeness (QED) is 0.478. The van der Waals surface area contributed by atoms with Crippen LogP contribution in [0.4, 0.5) is 5.69 Å². The Morgan fingerprint density at radius 3 is 2.77 bits per heavy atom. The van der Waals surface area contributed by atoms with E-state index in [1.165, 1.54) is 6.07 Å². The molecule has 26 heavy (non-hydrogen) atoms. The molecule has 0 bridgehead atoms. The maximum atomic E-state index is 12.0. The number of nitro benzene ring substituents is 1. The highest BCUT2D eigenvalue weighted by Crippen LogP contribution is 2.23. The van der Waals surface area contributed by atoms with Crippen molar-refractivity contribution in [3.63, 3.8) is 0 Å². The topological polar surface area (TPSA) is 81.5 Å². The number of aromatic nitrogens is 1. The van der Waals surface area contributed by atoms with Crippen molar-refractivity contribution in [1.82, 2.24) is 9.47 Å². The van der Waals surface area contributed by atoms with E-state index in [9.17, 15) is 14.9 Å². The van der Waals surface area contributed by atoms with Gasteiger partial charge in [-0.25, -0.2) is 4.79 Å². The van der Waals surface area contributed by atoms with Gasteiger partial charge in [0.25, 0.3) is 5.69 Å². The molecule has 0 aliphatic heterocycles. The highest BCUT2D eigenvalue weighted by Gasteiger charge is 2.15. The van der Waals surface area contributed by atoms with Crippen LogP contribution in [0.15, 0.2) is 57.7 Å². The summed E-state index contributed by atoms with van der Waals surface area (Å²) in [6.07, 6.45) is 0.763. The highest BCUT2D eigenvalue weighted by molar-refractivity contribution is 5.72. The molecule has 0 N–H and O–H groups in total. The van der Waals surface area contributed by atoms with E-state index in [2.05, 4.69) is 4.90 Å². The number of aryl methyl sites for hydroxylation is 1. The van der Waals surface area contributed by atoms with E-state index < -0.39 is 0 Å². The summed E-state index contributed by atoms with van der Waals surface area (Å²) in [5, 5.41) is 10.9. The number of nitro groups is 1. The van der Waals surface area contributed by atoms with Crippen LogP contribution in [0.5, 0.6) is 0 Å². The first-order chi connectivity index (χ1) is 12.5. The molecule has 0 amide bonds. The zero-order chi connectivity index (χ0) is 18.7. The minimum atomic E-state index is -0.382. The van der Waals surface area contributed by atoms with Crippen LogP contribution in [-0.2, 0) is 6.54 Å². The van der Waals surface area contributed by atoms with Crippen LogP contribution in [0, 0.1) is 10.1 Å². The van der Waals surface area contributed by atoms with Crippen LogP contribution in [0.25, 0.3) is 11.1 Å². The van der Waals surface area contributed by atoms with Gasteiger partial charge in [0.05, 0.1) is 10.4 Å². The van der Waals surface area contributed by atoms with Gasteiger partial charge < -0.3 is 4.42 Å². The van der Waals surface area contributed by atoms with Crippen molar-refractivity contribution in [2.45, 2.75) is 25.9 Å². The Morgan fingerprint density at radius 2 is 2.00 bits per heavy atom. The second-order valence-electron chi connectivity index (χ2n) is 6.35. The summed E-state index contributed by atoms with van der Waals surface area (Å²) in [6, 6.07) is 14.1. The van der Waals surface area contributed by atoms with E-state index in [4.69, 9.17) is 4.42 Å². The first kappa shape index (κ1) is 17.9. The van der Waals surface area contributed by atoms with Crippen molar-refractivity contribution in [2.24, 2.45) is 0 Å². The maximum Gasteiger partial charge on any atom is 0.419 e. The normalized spacial score (nSPS) is 12.6. The molecule has 0 spiro atoms. The second-order valence-corrected chi connectivity index (χ2v) is 6.35. The summed E-state index contributed by atoms with van der Waals surface area (Å²) in [4.78, 5) is 24.7. The summed E-state index contributed by atoms with van der Waals surface area (Å²) < 4.78 is 6.88. The average molecular weight is 355 g/mol. The number of rotatable bonds is 7. The summed E-state index contributed by atoms with van der Waals surface area (Å²) in [7, 11) is 1.97. The van der Waals surface area contributed by atoms with Gasteiger partial charge in [-0.05, 0) is 38.1 Å². The van der Waals surface area contributed by atoms with E-state index in [0.29, 0.717) is 12.1 Å². The van der Waals surface area contributed by atoms with Crippen molar-refractivity contribution < 1.29 is 9.34 Å². The molecule has 7 heteroatoms. The fourth-order valence-electron chi connectivity index (χ4n) is 3.05. The molecular formula is C19H21N3O4. The Labute approximate surface area is 150 Å². The second kappa shape index (κ2) is 7.53. The molecule has 0 aliphatic carbocycles. The lowest BCUT2D eigenvalue weighted by Crippen LogP contribution is -2.25. The smallest absolute Gasteiger partial charge is 0.408 e. The predicted octanol–water partition coefficient (Wildman–Crippen LogP) is 3.59. The van der Waals surface area contributed by atoms with Gasteiger partial charge in [0, 0.05) is 31.3 Å². The Bertz CT molecular complexity index is 976. The average Bonchev–Trinajstić information content (AvgIpc) is 2.96. The van der Waals surface area contributed by atoms with Gasteiger partial charge in [-0.1, -0.05) is 24.3 Å². The van der Waals surface area contributed by atoms with Gasteiger partial charge in [-0.15, -0.1) is 0 Å². The third kappa shape index (κ3) is 3.67. The van der Waals surface area contributed by atoms with E-state index in [-0.39, 0.29) is 22.4 Å². The predicted molar refractivity (Wildman–Crippen MR) is 99.2 cm³/mol. The minimum absolute atomic E-state index is 0.0349. The van der Waals surface area contributed by atoms with Crippen molar-refractivity contribution >= 4 is 16.8 Å². The molecule has 1 atom stereocenters. The molecule has 1 heterocycles. The van der Waals surface area contributed by atoms with Crippen LogP contribution in [-0.4, -0.2) is 28.0 Å². The fourth-order valence-corrected chi connectivity index (χ4v) is 3.05. The van der Waals surface area contributed by atoms with Gasteiger partial charge in [-0.3, -0.25) is 19.6 Å². The lowest BCUT2D eigenvalue weighted by molar-refractivity contribution is -0.384. The first-order valence-corrected chi connectivity index (χ1v) is 8.50. The largest absolute Gasteiger partial charge is 0.419 e. The standard InChI is InChI=1S/C19H21N3O4/c1-14(15-7-5-8-16(13-15)22(24)25)20(2)11-6-12-21-17-9-3-4-10-18(17)26-19(21)23/h3-5,7-10,13-14H,6,11-12H2,1-2H3. The molecule has 2 aromatic carbocycles. The highest BCUT2D eigenvalue weighted by atomic mass is 16.6. The van der Waals surface area contributed by atoms with Crippen LogP contribution in [0.1, 0.15) is 24.9 Å². The minimum Gasteiger partial charge on any atom is -0.408 e. The summed E-state index contributed by atoms with van der Waals surface area (Å²) >= 11 is 0. The molecule has 1 aromatic heterocycles. The summed E-state index contributed by atoms with van der Waals surface area (Å²) in [6.45, 7) is 3.32. The lowest BCUT2D eigenvalue weighted by atomic mass is 10.1. The molecule has 7 nitrogen and oxygen atoms in total. The number of oxazole rings is 1. The number of hydrogen-bond donors (Lipinski definition) is 0. The zero-order valence-electron chi connectivity index (χ0n) is 14.8. The van der Waals surface area contributed by atoms with E-state index in [1.807, 2.05) is 38.2 Å². The Morgan fingerprint density at radius 1 is 1.23 bits per heavy atom. The van der Waals surface area contributed by atoms with Crippen molar-refractivity contribution in [3.05, 3.63) is 74.8 Å². The van der Waals surface area contributed by atoms with Crippen molar-refractivity contribution in [3.8, 4) is 0 Å². The van der Waals surface area contributed by atoms with Crippen LogP contribution in [0.2, 0.25) is 0 Å². The lowest BCUT2D eigenvalue weighted by Gasteiger charge is -2.25. The van der Waals surface area contributed by atoms with Crippen LogP contribution < -0.4 is 5.76 Å². The number of hydrogen-bond acceptors (Lipinski definition) is 5. The first-order valence-electron chi connectivity index (χ1n) is 8.50. The maximum absolute atomic E-state index is 12.0. The number of benzene rings is 2. The number of para-hydroxylation sites is 2. The molecule has 1 unspecified atom stereocenters. The number of nitrogens with zero attached hydrogens (tertiary/aromatic N) is 3. The molecule has 0 saturated heterocycles. The molecule has 0 fully saturated rings. The van der Waals surface area contributed by atoms with Gasteiger partial charge in [0.1, 0.15) is 0 Å². The molecule has 3 rings (SSSR count). The van der Waals surface area contributed by atoms with Crippen molar-refractivity contribution in [1.29, 1.82) is 0 Å². The molecule has 3 aromatic rings. The Balaban J connectivity index is 1.64. The SMILES string of the molecule is CC(c1cccc([N+](=O)[O-])c1)N(C)CCCn1c(=O)oc2ccccc21.